The fraction of sp³-hybridized carbons (Fsp3) is 0.500. The molecule has 0 saturated carbocycles. The number of alkyl halides is 5. The zero-order valence-electron chi connectivity index (χ0n) is 41.3. The minimum Gasteiger partial charge on any atom is -0.494 e. The average molecular weight is 1630 g/mol. The molecule has 1 nitrogen and oxygen atoms in total. The lowest BCUT2D eigenvalue weighted by Gasteiger charge is -2.04. The number of hydrogen-bond donors (Lipinski definition) is 0. The number of ether oxygens (including phenoxy) is 1. The third-order valence-electron chi connectivity index (χ3n) is 11.0. The van der Waals surface area contributed by atoms with Crippen LogP contribution >= 0.6 is 145 Å². The molecule has 384 valence electrons. The highest BCUT2D eigenvalue weighted by Gasteiger charge is 1.98. The maximum Gasteiger partial charge on any atom is 0.123 e. The lowest BCUT2D eigenvalue weighted by Crippen LogP contribution is -1.96. The van der Waals surface area contributed by atoms with Gasteiger partial charge in [-0.25, -0.2) is 4.39 Å². The van der Waals surface area contributed by atoms with E-state index in [-0.39, 0.29) is 5.82 Å². The summed E-state index contributed by atoms with van der Waals surface area (Å²) in [5.41, 5.74) is 5.68. The summed E-state index contributed by atoms with van der Waals surface area (Å²) in [5.74, 6) is 0.839. The summed E-state index contributed by atoms with van der Waals surface area (Å²) in [5, 5.41) is 1.12. The molecule has 69 heavy (non-hydrogen) atoms. The highest BCUT2D eigenvalue weighted by atomic mass is 127. The van der Waals surface area contributed by atoms with Gasteiger partial charge in [0.05, 0.1) is 6.61 Å². The van der Waals surface area contributed by atoms with E-state index in [2.05, 4.69) is 224 Å². The number of rotatable bonds is 31. The highest BCUT2D eigenvalue weighted by Crippen LogP contribution is 2.16. The van der Waals surface area contributed by atoms with E-state index >= 15 is 0 Å². The van der Waals surface area contributed by atoms with Gasteiger partial charge in [0.15, 0.2) is 0 Å². The number of benzene rings is 5. The van der Waals surface area contributed by atoms with Gasteiger partial charge in [-0.05, 0) is 201 Å². The maximum absolute atomic E-state index is 12.6. The van der Waals surface area contributed by atoms with Crippen molar-refractivity contribution < 1.29 is 9.13 Å². The summed E-state index contributed by atoms with van der Waals surface area (Å²) in [6, 6.07) is 45.2. The van der Waals surface area contributed by atoms with Crippen LogP contribution in [0.5, 0.6) is 5.75 Å². The minimum atomic E-state index is -0.140. The van der Waals surface area contributed by atoms with Crippen molar-refractivity contribution in [2.75, 3.05) is 29.6 Å². The lowest BCUT2D eigenvalue weighted by atomic mass is 10.1. The second-order valence-electron chi connectivity index (χ2n) is 17.0. The molecular weight excluding hydrogens is 1550 g/mol. The summed E-state index contributed by atoms with van der Waals surface area (Å²) < 4.78 is 25.8. The molecule has 0 heterocycles. The molecule has 0 radical (unpaired) electrons. The summed E-state index contributed by atoms with van der Waals surface area (Å²) in [6.45, 7) is 0.840. The molecule has 9 heteroatoms. The molecule has 5 aromatic rings. The van der Waals surface area contributed by atoms with Crippen LogP contribution in [-0.4, -0.2) is 29.6 Å². The SMILES string of the molecule is BrCCCCCCOc1ccccc1.Brc1ccc(CCCCCCI)cc1.Fc1ccc(CCCCCCI)cc1.ICCCCCCc1ccc(I)cc1.ICCCCCCc1ccccc1. The van der Waals surface area contributed by atoms with E-state index in [1.165, 1.54) is 189 Å². The maximum atomic E-state index is 12.6. The van der Waals surface area contributed by atoms with E-state index in [9.17, 15) is 4.39 Å². The highest BCUT2D eigenvalue weighted by molar-refractivity contribution is 14.1. The van der Waals surface area contributed by atoms with Gasteiger partial charge in [0.2, 0.25) is 0 Å². The van der Waals surface area contributed by atoms with Gasteiger partial charge in [0, 0.05) is 13.4 Å². The second kappa shape index (κ2) is 51.9. The van der Waals surface area contributed by atoms with Crippen LogP contribution in [0.1, 0.15) is 151 Å². The molecule has 0 unspecified atom stereocenters. The Morgan fingerprint density at radius 1 is 0.362 bits per heavy atom. The Morgan fingerprint density at radius 3 is 1.10 bits per heavy atom. The zero-order valence-corrected chi connectivity index (χ0v) is 55.3. The molecule has 0 aromatic heterocycles. The van der Waals surface area contributed by atoms with Crippen LogP contribution in [-0.2, 0) is 25.7 Å². The molecule has 0 N–H and O–H groups in total. The van der Waals surface area contributed by atoms with Crippen LogP contribution in [0.3, 0.4) is 0 Å². The summed E-state index contributed by atoms with van der Waals surface area (Å²) in [6.07, 6.45) is 31.5. The fourth-order valence-corrected chi connectivity index (χ4v) is 10.1. The molecule has 5 aromatic carbocycles. The normalized spacial score (nSPS) is 10.3. The van der Waals surface area contributed by atoms with Gasteiger partial charge < -0.3 is 4.74 Å². The van der Waals surface area contributed by atoms with Gasteiger partial charge in [-0.1, -0.05) is 271 Å². The van der Waals surface area contributed by atoms with E-state index in [0.29, 0.717) is 0 Å². The van der Waals surface area contributed by atoms with Gasteiger partial charge in [-0.15, -0.1) is 0 Å². The van der Waals surface area contributed by atoms with E-state index in [0.717, 1.165) is 30.5 Å². The Balaban J connectivity index is 0.000000431. The molecular formula is C60H82Br2FI5O. The molecule has 0 aliphatic heterocycles. The average Bonchev–Trinajstić information content (AvgIpc) is 3.38. The minimum absolute atomic E-state index is 0.140. The molecule has 5 rings (SSSR count). The third-order valence-corrected chi connectivity index (χ3v) is 15.9. The Bertz CT molecular complexity index is 1650. The van der Waals surface area contributed by atoms with E-state index in [1.807, 2.05) is 42.5 Å². The van der Waals surface area contributed by atoms with Crippen molar-refractivity contribution in [3.8, 4) is 5.75 Å². The van der Waals surface area contributed by atoms with Crippen LogP contribution in [0.2, 0.25) is 0 Å². The van der Waals surface area contributed by atoms with Gasteiger partial charge in [0.25, 0.3) is 0 Å². The predicted molar refractivity (Wildman–Crippen MR) is 355 cm³/mol. The summed E-state index contributed by atoms with van der Waals surface area (Å²) in [4.78, 5) is 0. The first-order valence-electron chi connectivity index (χ1n) is 25.6. The van der Waals surface area contributed by atoms with Crippen LogP contribution in [0.25, 0.3) is 0 Å². The fourth-order valence-electron chi connectivity index (χ4n) is 6.96. The number of hydrogen-bond acceptors (Lipinski definition) is 1. The lowest BCUT2D eigenvalue weighted by molar-refractivity contribution is 0.305. The molecule has 0 aliphatic rings. The molecule has 0 fully saturated rings. The van der Waals surface area contributed by atoms with Gasteiger partial charge in [0.1, 0.15) is 11.6 Å². The quantitative estimate of drug-likeness (QED) is 0.0244. The Hall–Kier alpha value is 0.440. The van der Waals surface area contributed by atoms with Gasteiger partial charge in [-0.3, -0.25) is 0 Å². The van der Waals surface area contributed by atoms with Crippen LogP contribution in [0.4, 0.5) is 4.39 Å². The first-order chi connectivity index (χ1) is 33.8. The first kappa shape index (κ1) is 67.5. The monoisotopic (exact) mass is 1630 g/mol. The van der Waals surface area contributed by atoms with E-state index in [1.54, 1.807) is 12.1 Å². The van der Waals surface area contributed by atoms with Crippen molar-refractivity contribution in [3.05, 3.63) is 170 Å². The molecule has 0 atom stereocenters. The number of aryl methyl sites for hydroxylation is 4. The van der Waals surface area contributed by atoms with Crippen molar-refractivity contribution in [3.63, 3.8) is 0 Å². The second-order valence-corrected chi connectivity index (χ2v) is 24.3. The van der Waals surface area contributed by atoms with Gasteiger partial charge >= 0.3 is 0 Å². The van der Waals surface area contributed by atoms with Crippen molar-refractivity contribution >= 4 is 145 Å². The standard InChI is InChI=1S/C12H16BrI.C12H17BrO.C12H16FI.C12H16I2.C12H17I/c13-12-8-6-11(7-9-12)5-3-1-2-4-10-14;13-10-6-1-2-7-11-14-12-8-4-3-5-9-12;13-12-8-6-11(7-9-12)5-3-1-2-4-10-14;13-10-4-2-1-3-5-11-6-8-12(14)9-7-11;13-11-7-2-1-4-8-12-9-5-3-6-10-12/h6-9H,1-5,10H2;3-5,8-9H,1-2,6-7,10-11H2;2*6-9H,1-5,10H2;3,5-6,9-10H,1-2,4,7-8,11H2. The zero-order chi connectivity index (χ0) is 50.1. The number of unbranched alkanes of at least 4 members (excludes halogenated alkanes) is 15. The Labute approximate surface area is 506 Å². The van der Waals surface area contributed by atoms with Gasteiger partial charge in [-0.2, -0.15) is 0 Å². The third kappa shape index (κ3) is 44.5. The van der Waals surface area contributed by atoms with Crippen molar-refractivity contribution in [1.82, 2.24) is 0 Å². The predicted octanol–water partition coefficient (Wildman–Crippen LogP) is 22.4. The summed E-state index contributed by atoms with van der Waals surface area (Å²) >= 11 is 19.0. The van der Waals surface area contributed by atoms with Crippen molar-refractivity contribution in [1.29, 1.82) is 0 Å². The van der Waals surface area contributed by atoms with Crippen molar-refractivity contribution in [2.45, 2.75) is 154 Å². The van der Waals surface area contributed by atoms with E-state index < -0.39 is 0 Å². The van der Waals surface area contributed by atoms with Crippen molar-refractivity contribution in [2.24, 2.45) is 0 Å². The Morgan fingerprint density at radius 2 is 0.696 bits per heavy atom. The van der Waals surface area contributed by atoms with Crippen LogP contribution < -0.4 is 4.74 Å². The van der Waals surface area contributed by atoms with E-state index in [4.69, 9.17) is 4.74 Å². The van der Waals surface area contributed by atoms with Crippen LogP contribution in [0, 0.1) is 9.39 Å². The smallest absolute Gasteiger partial charge is 0.123 e. The number of halogens is 8. The Kier molecular flexibility index (Phi) is 50.7. The molecule has 0 amide bonds. The molecule has 0 aliphatic carbocycles. The molecule has 0 bridgehead atoms. The topological polar surface area (TPSA) is 9.23 Å². The largest absolute Gasteiger partial charge is 0.494 e. The summed E-state index contributed by atoms with van der Waals surface area (Å²) in [7, 11) is 0. The first-order valence-corrected chi connectivity index (χ1v) is 34.7. The molecule has 0 spiro atoms. The van der Waals surface area contributed by atoms with Crippen LogP contribution in [0.15, 0.2) is 138 Å². The molecule has 0 saturated heterocycles. The number of para-hydroxylation sites is 1.